The Labute approximate surface area is 119 Å². The summed E-state index contributed by atoms with van der Waals surface area (Å²) in [6.45, 7) is 4.15. The molecule has 0 amide bonds. The number of ether oxygens (including phenoxy) is 2. The Morgan fingerprint density at radius 1 is 1.40 bits per heavy atom. The molecule has 114 valence electrons. The zero-order chi connectivity index (χ0) is 15.2. The summed E-state index contributed by atoms with van der Waals surface area (Å²) in [7, 11) is -2.21. The van der Waals surface area contributed by atoms with Gasteiger partial charge >= 0.3 is 0 Å². The fraction of sp³-hybridized carbons (Fsp3) is 0.538. The van der Waals surface area contributed by atoms with E-state index in [2.05, 4.69) is 4.72 Å². The van der Waals surface area contributed by atoms with Gasteiger partial charge in [0.15, 0.2) is 0 Å². The predicted octanol–water partition coefficient (Wildman–Crippen LogP) is 0.679. The van der Waals surface area contributed by atoms with Crippen LogP contribution in [0.3, 0.4) is 0 Å². The summed E-state index contributed by atoms with van der Waals surface area (Å²) >= 11 is 0. The Balaban J connectivity index is 2.80. The minimum Gasteiger partial charge on any atom is -0.494 e. The highest BCUT2D eigenvalue weighted by Gasteiger charge is 2.17. The van der Waals surface area contributed by atoms with Crippen LogP contribution in [0, 0.1) is 6.92 Å². The molecule has 0 aliphatic rings. The standard InChI is InChI=1S/C13H21NO5S/c1-4-19-13-6-5-12(7-10(13)2)20(16,17)14-8-11(15)9-18-3/h5-7,11,14-15H,4,8-9H2,1-3H3. The minimum atomic E-state index is -3.65. The molecule has 20 heavy (non-hydrogen) atoms. The number of rotatable bonds is 8. The summed E-state index contributed by atoms with van der Waals surface area (Å²) in [6, 6.07) is 4.64. The van der Waals surface area contributed by atoms with E-state index in [4.69, 9.17) is 9.47 Å². The Morgan fingerprint density at radius 2 is 2.10 bits per heavy atom. The molecule has 0 aromatic heterocycles. The summed E-state index contributed by atoms with van der Waals surface area (Å²) in [5.74, 6) is 0.658. The monoisotopic (exact) mass is 303 g/mol. The van der Waals surface area contributed by atoms with Crippen LogP contribution in [0.15, 0.2) is 23.1 Å². The van der Waals surface area contributed by atoms with E-state index < -0.39 is 16.1 Å². The Kier molecular flexibility index (Phi) is 6.41. The van der Waals surface area contributed by atoms with E-state index in [1.165, 1.54) is 19.2 Å². The number of aliphatic hydroxyl groups excluding tert-OH is 1. The van der Waals surface area contributed by atoms with Gasteiger partial charge in [-0.05, 0) is 37.6 Å². The van der Waals surface area contributed by atoms with Gasteiger partial charge in [0.2, 0.25) is 10.0 Å². The van der Waals surface area contributed by atoms with Gasteiger partial charge in [0.25, 0.3) is 0 Å². The van der Waals surface area contributed by atoms with Crippen LogP contribution >= 0.6 is 0 Å². The summed E-state index contributed by atoms with van der Waals surface area (Å²) in [4.78, 5) is 0.142. The van der Waals surface area contributed by atoms with Crippen molar-refractivity contribution < 1.29 is 23.0 Å². The molecule has 0 aliphatic heterocycles. The lowest BCUT2D eigenvalue weighted by molar-refractivity contribution is 0.0679. The number of benzene rings is 1. The molecule has 0 spiro atoms. The lowest BCUT2D eigenvalue weighted by atomic mass is 10.2. The molecule has 2 N–H and O–H groups in total. The fourth-order valence-corrected chi connectivity index (χ4v) is 2.80. The molecule has 0 fully saturated rings. The molecule has 0 heterocycles. The van der Waals surface area contributed by atoms with Gasteiger partial charge in [-0.1, -0.05) is 0 Å². The maximum absolute atomic E-state index is 12.1. The highest BCUT2D eigenvalue weighted by Crippen LogP contribution is 2.21. The quantitative estimate of drug-likeness (QED) is 0.737. The molecule has 1 aromatic rings. The van der Waals surface area contributed by atoms with Crippen molar-refractivity contribution in [2.24, 2.45) is 0 Å². The van der Waals surface area contributed by atoms with Gasteiger partial charge in [0.1, 0.15) is 5.75 Å². The molecule has 0 aliphatic carbocycles. The van der Waals surface area contributed by atoms with Crippen LogP contribution in [0.25, 0.3) is 0 Å². The van der Waals surface area contributed by atoms with Crippen molar-refractivity contribution in [3.63, 3.8) is 0 Å². The summed E-state index contributed by atoms with van der Waals surface area (Å²) in [5.41, 5.74) is 0.743. The van der Waals surface area contributed by atoms with Gasteiger partial charge in [-0.25, -0.2) is 13.1 Å². The van der Waals surface area contributed by atoms with Gasteiger partial charge in [-0.3, -0.25) is 0 Å². The number of aryl methyl sites for hydroxylation is 1. The summed E-state index contributed by atoms with van der Waals surface area (Å²) < 4.78 is 36.6. The first-order valence-electron chi connectivity index (χ1n) is 6.30. The van der Waals surface area contributed by atoms with Crippen LogP contribution in [-0.2, 0) is 14.8 Å². The van der Waals surface area contributed by atoms with Crippen molar-refractivity contribution in [1.29, 1.82) is 0 Å². The maximum atomic E-state index is 12.1. The van der Waals surface area contributed by atoms with Crippen LogP contribution in [-0.4, -0.2) is 46.5 Å². The average Bonchev–Trinajstić information content (AvgIpc) is 2.39. The summed E-state index contributed by atoms with van der Waals surface area (Å²) in [5, 5.41) is 9.46. The molecule has 6 nitrogen and oxygen atoms in total. The summed E-state index contributed by atoms with van der Waals surface area (Å²) in [6.07, 6.45) is -0.876. The molecule has 0 saturated carbocycles. The van der Waals surface area contributed by atoms with E-state index in [1.807, 2.05) is 6.92 Å². The molecular formula is C13H21NO5S. The molecule has 1 atom stereocenters. The molecule has 0 saturated heterocycles. The SMILES string of the molecule is CCOc1ccc(S(=O)(=O)NCC(O)COC)cc1C. The van der Waals surface area contributed by atoms with E-state index in [0.29, 0.717) is 12.4 Å². The molecule has 1 rings (SSSR count). The van der Waals surface area contributed by atoms with Crippen molar-refractivity contribution in [1.82, 2.24) is 4.72 Å². The third kappa shape index (κ3) is 4.75. The van der Waals surface area contributed by atoms with Crippen molar-refractivity contribution >= 4 is 10.0 Å². The van der Waals surface area contributed by atoms with Gasteiger partial charge in [-0.2, -0.15) is 0 Å². The number of hydrogen-bond donors (Lipinski definition) is 2. The van der Waals surface area contributed by atoms with Crippen molar-refractivity contribution in [3.8, 4) is 5.75 Å². The molecule has 7 heteroatoms. The van der Waals surface area contributed by atoms with Crippen molar-refractivity contribution in [2.45, 2.75) is 24.8 Å². The first-order chi connectivity index (χ1) is 9.40. The second-order valence-electron chi connectivity index (χ2n) is 4.32. The Hall–Kier alpha value is -1.15. The average molecular weight is 303 g/mol. The van der Waals surface area contributed by atoms with Crippen molar-refractivity contribution in [2.75, 3.05) is 26.9 Å². The smallest absolute Gasteiger partial charge is 0.240 e. The Morgan fingerprint density at radius 3 is 2.65 bits per heavy atom. The topological polar surface area (TPSA) is 84.9 Å². The van der Waals surface area contributed by atoms with Crippen molar-refractivity contribution in [3.05, 3.63) is 23.8 Å². The molecule has 1 unspecified atom stereocenters. The molecular weight excluding hydrogens is 282 g/mol. The van der Waals surface area contributed by atoms with Crippen LogP contribution in [0.2, 0.25) is 0 Å². The molecule has 1 aromatic carbocycles. The van der Waals surface area contributed by atoms with Gasteiger partial charge in [0, 0.05) is 13.7 Å². The normalized spacial score (nSPS) is 13.2. The largest absolute Gasteiger partial charge is 0.494 e. The van der Waals surface area contributed by atoms with E-state index in [9.17, 15) is 13.5 Å². The highest BCUT2D eigenvalue weighted by atomic mass is 32.2. The zero-order valence-electron chi connectivity index (χ0n) is 11.9. The number of nitrogens with one attached hydrogen (secondary N) is 1. The first-order valence-corrected chi connectivity index (χ1v) is 7.79. The predicted molar refractivity (Wildman–Crippen MR) is 75.4 cm³/mol. The van der Waals surface area contributed by atoms with Gasteiger partial charge < -0.3 is 14.6 Å². The first kappa shape index (κ1) is 16.9. The van der Waals surface area contributed by atoms with Crippen LogP contribution < -0.4 is 9.46 Å². The lowest BCUT2D eigenvalue weighted by Crippen LogP contribution is -2.34. The maximum Gasteiger partial charge on any atom is 0.240 e. The van der Waals surface area contributed by atoms with E-state index >= 15 is 0 Å². The number of aliphatic hydroxyl groups is 1. The third-order valence-electron chi connectivity index (χ3n) is 2.62. The highest BCUT2D eigenvalue weighted by molar-refractivity contribution is 7.89. The lowest BCUT2D eigenvalue weighted by Gasteiger charge is -2.13. The second kappa shape index (κ2) is 7.58. The number of methoxy groups -OCH3 is 1. The van der Waals surface area contributed by atoms with Gasteiger partial charge in [0.05, 0.1) is 24.2 Å². The number of hydrogen-bond acceptors (Lipinski definition) is 5. The zero-order valence-corrected chi connectivity index (χ0v) is 12.7. The minimum absolute atomic E-state index is 0.0742. The Bertz CT molecular complexity index is 530. The van der Waals surface area contributed by atoms with Crippen LogP contribution in [0.1, 0.15) is 12.5 Å². The van der Waals surface area contributed by atoms with Crippen LogP contribution in [0.5, 0.6) is 5.75 Å². The fourth-order valence-electron chi connectivity index (χ4n) is 1.65. The van der Waals surface area contributed by atoms with E-state index in [0.717, 1.165) is 5.56 Å². The van der Waals surface area contributed by atoms with E-state index in [-0.39, 0.29) is 18.0 Å². The third-order valence-corrected chi connectivity index (χ3v) is 4.05. The van der Waals surface area contributed by atoms with Crippen LogP contribution in [0.4, 0.5) is 0 Å². The second-order valence-corrected chi connectivity index (χ2v) is 6.09. The van der Waals surface area contributed by atoms with E-state index in [1.54, 1.807) is 13.0 Å². The number of sulfonamides is 1. The molecule has 0 bridgehead atoms. The molecule has 0 radical (unpaired) electrons. The van der Waals surface area contributed by atoms with Gasteiger partial charge in [-0.15, -0.1) is 0 Å².